The molecule has 0 aromatic heterocycles. The lowest BCUT2D eigenvalue weighted by Crippen LogP contribution is -2.12. The van der Waals surface area contributed by atoms with Crippen LogP contribution in [-0.2, 0) is 4.79 Å². The molecule has 0 heterocycles. The van der Waals surface area contributed by atoms with Gasteiger partial charge in [-0.05, 0) is 42.0 Å². The standard InChI is InChI=1S/C16H14N2O3/c1-12(19)18-17-11-13-7-9-15(10-8-13)21-16(20)14-5-3-2-4-6-14/h2-11H,1H3,(H,18,19)/b17-11+. The number of ether oxygens (including phenoxy) is 1. The highest BCUT2D eigenvalue weighted by atomic mass is 16.5. The molecule has 0 radical (unpaired) electrons. The summed E-state index contributed by atoms with van der Waals surface area (Å²) >= 11 is 0. The average molecular weight is 282 g/mol. The van der Waals surface area contributed by atoms with E-state index in [4.69, 9.17) is 4.74 Å². The first-order valence-electron chi connectivity index (χ1n) is 6.32. The molecule has 0 saturated carbocycles. The zero-order chi connectivity index (χ0) is 15.1. The summed E-state index contributed by atoms with van der Waals surface area (Å²) in [5.41, 5.74) is 3.58. The summed E-state index contributed by atoms with van der Waals surface area (Å²) in [6, 6.07) is 15.6. The van der Waals surface area contributed by atoms with Crippen LogP contribution < -0.4 is 10.2 Å². The molecule has 106 valence electrons. The maximum absolute atomic E-state index is 11.8. The third-order valence-corrected chi connectivity index (χ3v) is 2.54. The molecule has 5 nitrogen and oxygen atoms in total. The highest BCUT2D eigenvalue weighted by Crippen LogP contribution is 2.13. The van der Waals surface area contributed by atoms with Crippen LogP contribution in [0.3, 0.4) is 0 Å². The van der Waals surface area contributed by atoms with Crippen LogP contribution in [0.4, 0.5) is 0 Å². The van der Waals surface area contributed by atoms with Crippen LogP contribution in [0.25, 0.3) is 0 Å². The number of carbonyl (C=O) groups excluding carboxylic acids is 2. The van der Waals surface area contributed by atoms with Gasteiger partial charge in [0.15, 0.2) is 0 Å². The highest BCUT2D eigenvalue weighted by Gasteiger charge is 2.07. The van der Waals surface area contributed by atoms with Crippen LogP contribution in [0.15, 0.2) is 59.7 Å². The predicted octanol–water partition coefficient (Wildman–Crippen LogP) is 2.38. The second kappa shape index (κ2) is 7.00. The Bertz CT molecular complexity index is 649. The number of nitrogens with zero attached hydrogens (tertiary/aromatic N) is 1. The van der Waals surface area contributed by atoms with Gasteiger partial charge in [0.2, 0.25) is 5.91 Å². The second-order valence-electron chi connectivity index (χ2n) is 4.25. The van der Waals surface area contributed by atoms with Gasteiger partial charge < -0.3 is 4.74 Å². The lowest BCUT2D eigenvalue weighted by atomic mass is 10.2. The van der Waals surface area contributed by atoms with Crippen molar-refractivity contribution < 1.29 is 14.3 Å². The zero-order valence-electron chi connectivity index (χ0n) is 11.4. The Balaban J connectivity index is 1.98. The quantitative estimate of drug-likeness (QED) is 0.405. The minimum Gasteiger partial charge on any atom is -0.423 e. The maximum atomic E-state index is 11.8. The Morgan fingerprint density at radius 2 is 1.71 bits per heavy atom. The van der Waals surface area contributed by atoms with Crippen molar-refractivity contribution in [3.05, 3.63) is 65.7 Å². The van der Waals surface area contributed by atoms with Crippen LogP contribution in [0.2, 0.25) is 0 Å². The van der Waals surface area contributed by atoms with Crippen molar-refractivity contribution in [2.45, 2.75) is 6.92 Å². The Kier molecular flexibility index (Phi) is 4.82. The molecule has 0 saturated heterocycles. The minimum atomic E-state index is -0.407. The topological polar surface area (TPSA) is 67.8 Å². The molecule has 0 fully saturated rings. The summed E-state index contributed by atoms with van der Waals surface area (Å²) in [6.07, 6.45) is 1.50. The number of hydrazone groups is 1. The molecule has 21 heavy (non-hydrogen) atoms. The number of benzene rings is 2. The van der Waals surface area contributed by atoms with Gasteiger partial charge in [0, 0.05) is 6.92 Å². The van der Waals surface area contributed by atoms with E-state index in [-0.39, 0.29) is 5.91 Å². The molecule has 5 heteroatoms. The number of esters is 1. The summed E-state index contributed by atoms with van der Waals surface area (Å²) < 4.78 is 5.24. The molecule has 1 N–H and O–H groups in total. The van der Waals surface area contributed by atoms with Crippen molar-refractivity contribution in [1.29, 1.82) is 0 Å². The molecule has 0 aliphatic heterocycles. The average Bonchev–Trinajstić information content (AvgIpc) is 2.49. The van der Waals surface area contributed by atoms with Gasteiger partial charge in [0.1, 0.15) is 5.75 Å². The fraction of sp³-hybridized carbons (Fsp3) is 0.0625. The van der Waals surface area contributed by atoms with E-state index in [1.807, 2.05) is 6.07 Å². The van der Waals surface area contributed by atoms with Gasteiger partial charge in [0.25, 0.3) is 0 Å². The number of nitrogens with one attached hydrogen (secondary N) is 1. The molecule has 0 aliphatic rings. The van der Waals surface area contributed by atoms with Gasteiger partial charge in [-0.3, -0.25) is 4.79 Å². The van der Waals surface area contributed by atoms with Crippen LogP contribution in [0.1, 0.15) is 22.8 Å². The van der Waals surface area contributed by atoms with E-state index in [1.165, 1.54) is 13.1 Å². The van der Waals surface area contributed by atoms with E-state index in [0.29, 0.717) is 11.3 Å². The number of rotatable bonds is 4. The van der Waals surface area contributed by atoms with Crippen molar-refractivity contribution in [1.82, 2.24) is 5.43 Å². The molecule has 1 amide bonds. The number of amides is 1. The van der Waals surface area contributed by atoms with Crippen molar-refractivity contribution in [3.8, 4) is 5.75 Å². The number of carbonyl (C=O) groups is 2. The zero-order valence-corrected chi connectivity index (χ0v) is 11.4. The van der Waals surface area contributed by atoms with Gasteiger partial charge >= 0.3 is 5.97 Å². The Morgan fingerprint density at radius 1 is 1.05 bits per heavy atom. The lowest BCUT2D eigenvalue weighted by molar-refractivity contribution is -0.118. The van der Waals surface area contributed by atoms with Gasteiger partial charge in [-0.2, -0.15) is 5.10 Å². The van der Waals surface area contributed by atoms with Crippen LogP contribution >= 0.6 is 0 Å². The summed E-state index contributed by atoms with van der Waals surface area (Å²) in [7, 11) is 0. The molecule has 0 aliphatic carbocycles. The first kappa shape index (κ1) is 14.5. The first-order chi connectivity index (χ1) is 10.1. The molecule has 0 bridgehead atoms. The molecule has 2 rings (SSSR count). The summed E-state index contributed by atoms with van der Waals surface area (Å²) in [6.45, 7) is 1.38. The fourth-order valence-electron chi connectivity index (χ4n) is 1.56. The van der Waals surface area contributed by atoms with Crippen LogP contribution in [-0.4, -0.2) is 18.1 Å². The first-order valence-corrected chi connectivity index (χ1v) is 6.32. The number of hydrogen-bond donors (Lipinski definition) is 1. The molecule has 0 atom stereocenters. The largest absolute Gasteiger partial charge is 0.423 e. The highest BCUT2D eigenvalue weighted by molar-refractivity contribution is 5.91. The molecular formula is C16H14N2O3. The van der Waals surface area contributed by atoms with Crippen molar-refractivity contribution in [2.24, 2.45) is 5.10 Å². The van der Waals surface area contributed by atoms with E-state index in [1.54, 1.807) is 48.5 Å². The third kappa shape index (κ3) is 4.58. The molecule has 0 unspecified atom stereocenters. The van der Waals surface area contributed by atoms with Gasteiger partial charge in [-0.1, -0.05) is 18.2 Å². The summed E-state index contributed by atoms with van der Waals surface area (Å²) in [5.74, 6) is -0.199. The Hall–Kier alpha value is -2.95. The minimum absolute atomic E-state index is 0.236. The third-order valence-electron chi connectivity index (χ3n) is 2.54. The van der Waals surface area contributed by atoms with E-state index in [0.717, 1.165) is 5.56 Å². The van der Waals surface area contributed by atoms with Crippen molar-refractivity contribution >= 4 is 18.1 Å². The van der Waals surface area contributed by atoms with E-state index < -0.39 is 5.97 Å². The van der Waals surface area contributed by atoms with E-state index in [2.05, 4.69) is 10.5 Å². The smallest absolute Gasteiger partial charge is 0.343 e. The van der Waals surface area contributed by atoms with Gasteiger partial charge in [-0.15, -0.1) is 0 Å². The SMILES string of the molecule is CC(=O)N/N=C/c1ccc(OC(=O)c2ccccc2)cc1. The maximum Gasteiger partial charge on any atom is 0.343 e. The van der Waals surface area contributed by atoms with Crippen LogP contribution in [0.5, 0.6) is 5.75 Å². The lowest BCUT2D eigenvalue weighted by Gasteiger charge is -2.04. The van der Waals surface area contributed by atoms with E-state index in [9.17, 15) is 9.59 Å². The second-order valence-corrected chi connectivity index (χ2v) is 4.25. The molecule has 2 aromatic carbocycles. The van der Waals surface area contributed by atoms with Gasteiger partial charge in [0.05, 0.1) is 11.8 Å². The molecular weight excluding hydrogens is 268 g/mol. The Morgan fingerprint density at radius 3 is 2.33 bits per heavy atom. The predicted molar refractivity (Wildman–Crippen MR) is 79.3 cm³/mol. The Labute approximate surface area is 122 Å². The van der Waals surface area contributed by atoms with Crippen LogP contribution in [0, 0.1) is 0 Å². The number of hydrogen-bond acceptors (Lipinski definition) is 4. The molecule has 2 aromatic rings. The van der Waals surface area contributed by atoms with Crippen molar-refractivity contribution in [3.63, 3.8) is 0 Å². The fourth-order valence-corrected chi connectivity index (χ4v) is 1.56. The summed E-state index contributed by atoms with van der Waals surface area (Å²) in [4.78, 5) is 22.5. The van der Waals surface area contributed by atoms with E-state index >= 15 is 0 Å². The summed E-state index contributed by atoms with van der Waals surface area (Å²) in [5, 5.41) is 3.75. The normalized spacial score (nSPS) is 10.3. The van der Waals surface area contributed by atoms with Crippen molar-refractivity contribution in [2.75, 3.05) is 0 Å². The van der Waals surface area contributed by atoms with Gasteiger partial charge in [-0.25, -0.2) is 10.2 Å². The monoisotopic (exact) mass is 282 g/mol. The molecule has 0 spiro atoms.